The molecule has 2 aromatic carbocycles. The molecule has 0 saturated heterocycles. The summed E-state index contributed by atoms with van der Waals surface area (Å²) in [6.45, 7) is 0. The van der Waals surface area contributed by atoms with Gasteiger partial charge < -0.3 is 10.8 Å². The largest absolute Gasteiger partial charge is 0.507 e. The zero-order chi connectivity index (χ0) is 24.1. The number of nitrogens with zero attached hydrogens (tertiary/aromatic N) is 4. The van der Waals surface area contributed by atoms with Gasteiger partial charge in [-0.15, -0.1) is 0 Å². The highest BCUT2D eigenvalue weighted by molar-refractivity contribution is 6.03. The van der Waals surface area contributed by atoms with E-state index in [9.17, 15) is 22.7 Å². The first-order valence-corrected chi connectivity index (χ1v) is 10.00. The summed E-state index contributed by atoms with van der Waals surface area (Å²) in [4.78, 5) is 16.2. The van der Waals surface area contributed by atoms with Crippen molar-refractivity contribution in [2.45, 2.75) is 11.7 Å². The molecule has 10 heteroatoms. The van der Waals surface area contributed by atoms with Crippen LogP contribution in [0.15, 0.2) is 78.3 Å². The molecule has 3 N–H and O–H groups in total. The summed E-state index contributed by atoms with van der Waals surface area (Å²) in [6.07, 6.45) is 0.636. The van der Waals surface area contributed by atoms with Crippen LogP contribution >= 0.6 is 0 Å². The Labute approximate surface area is 190 Å². The highest BCUT2D eigenvalue weighted by atomic mass is 19.4. The summed E-state index contributed by atoms with van der Waals surface area (Å²) >= 11 is 0. The Morgan fingerprint density at radius 1 is 0.912 bits per heavy atom. The Morgan fingerprint density at radius 2 is 1.71 bits per heavy atom. The molecular weight excluding hydrogens is 450 g/mol. The average molecular weight is 465 g/mol. The van der Waals surface area contributed by atoms with Gasteiger partial charge >= 0.3 is 6.18 Å². The molecular formula is C24H15F4N5O. The Kier molecular flexibility index (Phi) is 4.82. The molecule has 0 amide bonds. The van der Waals surface area contributed by atoms with Crippen molar-refractivity contribution in [3.8, 4) is 17.0 Å². The molecule has 3 heterocycles. The van der Waals surface area contributed by atoms with Gasteiger partial charge in [-0.05, 0) is 41.5 Å². The number of nitrogens with two attached hydrogens (primary N) is 1. The van der Waals surface area contributed by atoms with Crippen molar-refractivity contribution in [1.29, 1.82) is 0 Å². The summed E-state index contributed by atoms with van der Waals surface area (Å²) in [5.41, 5.74) is 4.64. The second-order valence-electron chi connectivity index (χ2n) is 7.62. The van der Waals surface area contributed by atoms with Crippen LogP contribution in [0, 0.1) is 5.82 Å². The molecule has 1 aliphatic rings. The molecule has 4 aromatic rings. The lowest BCUT2D eigenvalue weighted by atomic mass is 9.77. The number of phenols is 1. The standard InChI is InChI=1S/C24H15F4N5O/c25-17-3-1-2-16-21(17)22(29)33-23(16,14-6-7-32-20(11-14)24(26,27)28)13-4-5-19(34)15(10-13)18-12-30-8-9-31-18/h1-12,34H,(H2,29,33). The van der Waals surface area contributed by atoms with Gasteiger partial charge in [0.25, 0.3) is 0 Å². The second-order valence-corrected chi connectivity index (χ2v) is 7.62. The Bertz CT molecular complexity index is 1440. The number of halogens is 4. The van der Waals surface area contributed by atoms with Gasteiger partial charge in [-0.1, -0.05) is 18.2 Å². The summed E-state index contributed by atoms with van der Waals surface area (Å²) < 4.78 is 55.4. The fourth-order valence-corrected chi connectivity index (χ4v) is 4.20. The predicted octanol–water partition coefficient (Wildman–Crippen LogP) is 4.41. The Morgan fingerprint density at radius 3 is 2.44 bits per heavy atom. The number of fused-ring (bicyclic) bond motifs is 1. The number of hydrogen-bond donors (Lipinski definition) is 2. The average Bonchev–Trinajstić information content (AvgIpc) is 3.14. The van der Waals surface area contributed by atoms with Gasteiger partial charge in [-0.3, -0.25) is 15.0 Å². The number of amidine groups is 1. The fraction of sp³-hybridized carbons (Fsp3) is 0.0833. The van der Waals surface area contributed by atoms with E-state index in [-0.39, 0.29) is 33.8 Å². The van der Waals surface area contributed by atoms with Gasteiger partial charge in [-0.2, -0.15) is 13.2 Å². The van der Waals surface area contributed by atoms with Crippen LogP contribution < -0.4 is 5.73 Å². The minimum absolute atomic E-state index is 0.00185. The number of pyridine rings is 1. The van der Waals surface area contributed by atoms with Crippen molar-refractivity contribution >= 4 is 5.84 Å². The van der Waals surface area contributed by atoms with Crippen LogP contribution in [0.2, 0.25) is 0 Å². The van der Waals surface area contributed by atoms with E-state index in [2.05, 4.69) is 19.9 Å². The number of aliphatic imine (C=N–C) groups is 1. The monoisotopic (exact) mass is 465 g/mol. The molecule has 0 spiro atoms. The van der Waals surface area contributed by atoms with Crippen LogP contribution in [-0.4, -0.2) is 25.9 Å². The normalized spacial score (nSPS) is 17.4. The molecule has 1 aliphatic heterocycles. The second kappa shape index (κ2) is 7.62. The first-order chi connectivity index (χ1) is 16.2. The number of phenolic OH excluding ortho intramolecular Hbond substituents is 1. The van der Waals surface area contributed by atoms with Gasteiger partial charge in [0.2, 0.25) is 0 Å². The summed E-state index contributed by atoms with van der Waals surface area (Å²) in [5.74, 6) is -0.939. The first-order valence-electron chi connectivity index (χ1n) is 10.00. The van der Waals surface area contributed by atoms with Crippen molar-refractivity contribution in [2.75, 3.05) is 0 Å². The van der Waals surface area contributed by atoms with Crippen molar-refractivity contribution in [3.63, 3.8) is 0 Å². The lowest BCUT2D eigenvalue weighted by Crippen LogP contribution is -2.26. The zero-order valence-electron chi connectivity index (χ0n) is 17.3. The first kappa shape index (κ1) is 21.5. The highest BCUT2D eigenvalue weighted by Crippen LogP contribution is 2.48. The van der Waals surface area contributed by atoms with Crippen molar-refractivity contribution in [1.82, 2.24) is 15.0 Å². The molecule has 0 aliphatic carbocycles. The molecule has 1 atom stereocenters. The number of alkyl halides is 3. The van der Waals surface area contributed by atoms with Gasteiger partial charge in [-0.25, -0.2) is 9.38 Å². The topological polar surface area (TPSA) is 97.3 Å². The Balaban J connectivity index is 1.84. The van der Waals surface area contributed by atoms with Gasteiger partial charge in [0, 0.05) is 29.7 Å². The maximum absolute atomic E-state index is 14.8. The zero-order valence-corrected chi connectivity index (χ0v) is 17.3. The smallest absolute Gasteiger partial charge is 0.433 e. The van der Waals surface area contributed by atoms with Crippen LogP contribution in [0.1, 0.15) is 27.9 Å². The van der Waals surface area contributed by atoms with E-state index >= 15 is 0 Å². The van der Waals surface area contributed by atoms with E-state index < -0.39 is 23.2 Å². The molecule has 170 valence electrons. The van der Waals surface area contributed by atoms with Crippen molar-refractivity contribution < 1.29 is 22.7 Å². The van der Waals surface area contributed by atoms with Crippen LogP contribution in [0.5, 0.6) is 5.75 Å². The van der Waals surface area contributed by atoms with Gasteiger partial charge in [0.15, 0.2) is 0 Å². The van der Waals surface area contributed by atoms with Gasteiger partial charge in [0.05, 0.1) is 17.5 Å². The minimum Gasteiger partial charge on any atom is -0.507 e. The van der Waals surface area contributed by atoms with E-state index in [0.717, 1.165) is 12.3 Å². The lowest BCUT2D eigenvalue weighted by molar-refractivity contribution is -0.141. The number of aromatic nitrogens is 3. The highest BCUT2D eigenvalue weighted by Gasteiger charge is 2.45. The van der Waals surface area contributed by atoms with Crippen molar-refractivity contribution in [3.05, 3.63) is 107 Å². The van der Waals surface area contributed by atoms with Crippen LogP contribution in [0.3, 0.4) is 0 Å². The van der Waals surface area contributed by atoms with Crippen molar-refractivity contribution in [2.24, 2.45) is 10.7 Å². The third-order valence-corrected chi connectivity index (χ3v) is 5.67. The molecule has 34 heavy (non-hydrogen) atoms. The minimum atomic E-state index is -4.71. The molecule has 2 aromatic heterocycles. The van der Waals surface area contributed by atoms with E-state index in [1.54, 1.807) is 6.07 Å². The number of rotatable bonds is 3. The molecule has 6 nitrogen and oxygen atoms in total. The maximum Gasteiger partial charge on any atom is 0.433 e. The molecule has 1 unspecified atom stereocenters. The lowest BCUT2D eigenvalue weighted by Gasteiger charge is -2.30. The third-order valence-electron chi connectivity index (χ3n) is 5.67. The fourth-order valence-electron chi connectivity index (χ4n) is 4.20. The molecule has 0 fully saturated rings. The number of benzene rings is 2. The van der Waals surface area contributed by atoms with Crippen LogP contribution in [0.25, 0.3) is 11.3 Å². The predicted molar refractivity (Wildman–Crippen MR) is 115 cm³/mol. The SMILES string of the molecule is NC1=NC(c2ccnc(C(F)(F)F)c2)(c2ccc(O)c(-c3cnccn3)c2)c2cccc(F)c21. The molecule has 0 saturated carbocycles. The molecule has 0 radical (unpaired) electrons. The summed E-state index contributed by atoms with van der Waals surface area (Å²) in [5, 5.41) is 10.5. The summed E-state index contributed by atoms with van der Waals surface area (Å²) in [7, 11) is 0. The molecule has 0 bridgehead atoms. The Hall–Kier alpha value is -4.34. The van der Waals surface area contributed by atoms with Crippen LogP contribution in [-0.2, 0) is 11.7 Å². The number of hydrogen-bond acceptors (Lipinski definition) is 6. The van der Waals surface area contributed by atoms with E-state index in [1.165, 1.54) is 55.0 Å². The summed E-state index contributed by atoms with van der Waals surface area (Å²) in [6, 6.07) is 10.8. The van der Waals surface area contributed by atoms with E-state index in [4.69, 9.17) is 5.73 Å². The van der Waals surface area contributed by atoms with Gasteiger partial charge in [0.1, 0.15) is 28.6 Å². The maximum atomic E-state index is 14.8. The quantitative estimate of drug-likeness (QED) is 0.437. The van der Waals surface area contributed by atoms with Crippen LogP contribution in [0.4, 0.5) is 17.6 Å². The number of aromatic hydroxyl groups is 1. The van der Waals surface area contributed by atoms with E-state index in [0.29, 0.717) is 11.3 Å². The van der Waals surface area contributed by atoms with E-state index in [1.807, 2.05) is 0 Å². The molecule has 5 rings (SSSR count). The third kappa shape index (κ3) is 3.26.